The Morgan fingerprint density at radius 2 is 2.29 bits per heavy atom. The number of aromatic nitrogens is 1. The molecule has 1 heterocycles. The molecule has 0 spiro atoms. The van der Waals surface area contributed by atoms with E-state index in [9.17, 15) is 4.79 Å². The molecule has 7 heteroatoms. The Kier molecular flexibility index (Phi) is 5.61. The standard InChI is InChI=1S/C14H14BrClN2O2S/c1-8-5-10(15)12(6-11(8)16)18-14-17-9(7-21-14)3-4-13(19)20-2/h5-7H,3-4H2,1-2H3,(H,17,18). The van der Waals surface area contributed by atoms with E-state index in [1.54, 1.807) is 0 Å². The van der Waals surface area contributed by atoms with Gasteiger partial charge < -0.3 is 10.1 Å². The number of methoxy groups -OCH3 is 1. The minimum Gasteiger partial charge on any atom is -0.469 e. The summed E-state index contributed by atoms with van der Waals surface area (Å²) in [7, 11) is 1.38. The van der Waals surface area contributed by atoms with Gasteiger partial charge in [-0.1, -0.05) is 11.6 Å². The van der Waals surface area contributed by atoms with Crippen molar-refractivity contribution >= 4 is 55.7 Å². The molecule has 0 aliphatic rings. The molecule has 1 N–H and O–H groups in total. The number of rotatable bonds is 5. The van der Waals surface area contributed by atoms with Crippen molar-refractivity contribution in [2.24, 2.45) is 0 Å². The maximum Gasteiger partial charge on any atom is 0.305 e. The molecule has 0 saturated heterocycles. The fourth-order valence-corrected chi connectivity index (χ4v) is 3.15. The van der Waals surface area contributed by atoms with Crippen LogP contribution >= 0.6 is 38.9 Å². The van der Waals surface area contributed by atoms with Gasteiger partial charge in [-0.3, -0.25) is 4.79 Å². The summed E-state index contributed by atoms with van der Waals surface area (Å²) in [5, 5.41) is 6.60. The third kappa shape index (κ3) is 4.43. The van der Waals surface area contributed by atoms with Gasteiger partial charge >= 0.3 is 5.97 Å². The number of nitrogens with one attached hydrogen (secondary N) is 1. The van der Waals surface area contributed by atoms with Crippen molar-refractivity contribution in [3.05, 3.63) is 38.3 Å². The Labute approximate surface area is 140 Å². The van der Waals surface area contributed by atoms with Crippen molar-refractivity contribution in [2.45, 2.75) is 19.8 Å². The number of nitrogens with zero attached hydrogens (tertiary/aromatic N) is 1. The molecule has 2 rings (SSSR count). The van der Waals surface area contributed by atoms with Crippen molar-refractivity contribution in [3.8, 4) is 0 Å². The van der Waals surface area contributed by atoms with Crippen LogP contribution in [0.5, 0.6) is 0 Å². The second-order valence-corrected chi connectivity index (χ2v) is 6.55. The molecule has 112 valence electrons. The second-order valence-electron chi connectivity index (χ2n) is 4.43. The third-order valence-electron chi connectivity index (χ3n) is 2.85. The molecule has 2 aromatic rings. The van der Waals surface area contributed by atoms with Crippen LogP contribution < -0.4 is 5.32 Å². The Hall–Kier alpha value is -1.11. The molecule has 4 nitrogen and oxygen atoms in total. The zero-order valence-electron chi connectivity index (χ0n) is 11.6. The Morgan fingerprint density at radius 3 is 3.00 bits per heavy atom. The summed E-state index contributed by atoms with van der Waals surface area (Å²) in [6.07, 6.45) is 0.903. The number of carbonyl (C=O) groups is 1. The van der Waals surface area contributed by atoms with Crippen LogP contribution in [0.3, 0.4) is 0 Å². The van der Waals surface area contributed by atoms with Crippen LogP contribution in [0.1, 0.15) is 17.7 Å². The van der Waals surface area contributed by atoms with E-state index in [4.69, 9.17) is 11.6 Å². The monoisotopic (exact) mass is 388 g/mol. The van der Waals surface area contributed by atoms with Crippen molar-refractivity contribution in [1.29, 1.82) is 0 Å². The number of ether oxygens (including phenoxy) is 1. The molecule has 0 radical (unpaired) electrons. The molecule has 0 amide bonds. The minimum absolute atomic E-state index is 0.231. The fourth-order valence-electron chi connectivity index (χ4n) is 1.67. The molecule has 0 fully saturated rings. The first-order valence-corrected chi connectivity index (χ1v) is 8.28. The lowest BCUT2D eigenvalue weighted by Crippen LogP contribution is -2.02. The molecule has 0 unspecified atom stereocenters. The molecule has 0 atom stereocenters. The number of benzene rings is 1. The van der Waals surface area contributed by atoms with Gasteiger partial charge in [-0.05, 0) is 40.5 Å². The second kappa shape index (κ2) is 7.24. The third-order valence-corrected chi connectivity index (χ3v) is 4.72. The molecule has 21 heavy (non-hydrogen) atoms. The van der Waals surface area contributed by atoms with Gasteiger partial charge in [0.15, 0.2) is 5.13 Å². The van der Waals surface area contributed by atoms with Crippen LogP contribution in [-0.4, -0.2) is 18.1 Å². The first kappa shape index (κ1) is 16.3. The van der Waals surface area contributed by atoms with Crippen LogP contribution in [0.2, 0.25) is 5.02 Å². The molecule has 0 aliphatic heterocycles. The minimum atomic E-state index is -0.231. The van der Waals surface area contributed by atoms with Crippen LogP contribution in [-0.2, 0) is 16.0 Å². The van der Waals surface area contributed by atoms with Crippen LogP contribution in [0.25, 0.3) is 0 Å². The van der Waals surface area contributed by atoms with E-state index >= 15 is 0 Å². The predicted octanol–water partition coefficient (Wildman–Crippen LogP) is 4.72. The first-order valence-electron chi connectivity index (χ1n) is 6.23. The Bertz CT molecular complexity index is 660. The van der Waals surface area contributed by atoms with Crippen molar-refractivity contribution in [2.75, 3.05) is 12.4 Å². The normalized spacial score (nSPS) is 10.5. The summed E-state index contributed by atoms with van der Waals surface area (Å²) < 4.78 is 5.54. The zero-order valence-corrected chi connectivity index (χ0v) is 14.7. The maximum absolute atomic E-state index is 11.1. The van der Waals surface area contributed by atoms with Gasteiger partial charge in [0.1, 0.15) is 0 Å². The first-order chi connectivity index (χ1) is 9.99. The number of aryl methyl sites for hydroxylation is 2. The number of thiazole rings is 1. The van der Waals surface area contributed by atoms with Crippen LogP contribution in [0.15, 0.2) is 22.0 Å². The quantitative estimate of drug-likeness (QED) is 0.752. The van der Waals surface area contributed by atoms with E-state index in [0.29, 0.717) is 17.9 Å². The molecular weight excluding hydrogens is 376 g/mol. The summed E-state index contributed by atoms with van der Waals surface area (Å²) in [5.41, 5.74) is 2.73. The lowest BCUT2D eigenvalue weighted by molar-refractivity contribution is -0.140. The fraction of sp³-hybridized carbons (Fsp3) is 0.286. The molecular formula is C14H14BrClN2O2S. The summed E-state index contributed by atoms with van der Waals surface area (Å²) in [6, 6.07) is 3.81. The highest BCUT2D eigenvalue weighted by Gasteiger charge is 2.09. The van der Waals surface area contributed by atoms with E-state index in [1.165, 1.54) is 18.4 Å². The molecule has 0 saturated carbocycles. The van der Waals surface area contributed by atoms with Crippen LogP contribution in [0, 0.1) is 6.92 Å². The van der Waals surface area contributed by atoms with Gasteiger partial charge in [0, 0.05) is 21.3 Å². The predicted molar refractivity (Wildman–Crippen MR) is 89.6 cm³/mol. The summed E-state index contributed by atoms with van der Waals surface area (Å²) in [4.78, 5) is 15.6. The van der Waals surface area contributed by atoms with Gasteiger partial charge in [0.25, 0.3) is 0 Å². The topological polar surface area (TPSA) is 51.2 Å². The van der Waals surface area contributed by atoms with E-state index < -0.39 is 0 Å². The van der Waals surface area contributed by atoms with Crippen molar-refractivity contribution in [3.63, 3.8) is 0 Å². The van der Waals surface area contributed by atoms with Gasteiger partial charge in [-0.2, -0.15) is 0 Å². The van der Waals surface area contributed by atoms with E-state index in [-0.39, 0.29) is 5.97 Å². The lowest BCUT2D eigenvalue weighted by atomic mass is 10.2. The smallest absolute Gasteiger partial charge is 0.305 e. The highest BCUT2D eigenvalue weighted by atomic mass is 79.9. The average Bonchev–Trinajstić information content (AvgIpc) is 2.89. The van der Waals surface area contributed by atoms with E-state index in [0.717, 1.165) is 26.5 Å². The number of esters is 1. The molecule has 0 bridgehead atoms. The zero-order chi connectivity index (χ0) is 15.4. The Morgan fingerprint density at radius 1 is 1.52 bits per heavy atom. The van der Waals surface area contributed by atoms with Crippen molar-refractivity contribution < 1.29 is 9.53 Å². The average molecular weight is 390 g/mol. The number of anilines is 2. The van der Waals surface area contributed by atoms with Gasteiger partial charge in [0.05, 0.1) is 24.9 Å². The van der Waals surface area contributed by atoms with Gasteiger partial charge in [-0.25, -0.2) is 4.98 Å². The van der Waals surface area contributed by atoms with Gasteiger partial charge in [-0.15, -0.1) is 11.3 Å². The lowest BCUT2D eigenvalue weighted by Gasteiger charge is -2.08. The number of hydrogen-bond acceptors (Lipinski definition) is 5. The summed E-state index contributed by atoms with van der Waals surface area (Å²) in [6.45, 7) is 1.95. The number of halogens is 2. The molecule has 1 aromatic carbocycles. The largest absolute Gasteiger partial charge is 0.469 e. The highest BCUT2D eigenvalue weighted by Crippen LogP contribution is 2.32. The number of hydrogen-bond donors (Lipinski definition) is 1. The van der Waals surface area contributed by atoms with Crippen molar-refractivity contribution in [1.82, 2.24) is 4.98 Å². The molecule has 0 aliphatic carbocycles. The van der Waals surface area contributed by atoms with E-state index in [1.807, 2.05) is 24.4 Å². The summed E-state index contributed by atoms with van der Waals surface area (Å²) >= 11 is 11.1. The van der Waals surface area contributed by atoms with Crippen LogP contribution in [0.4, 0.5) is 10.8 Å². The van der Waals surface area contributed by atoms with Gasteiger partial charge in [0.2, 0.25) is 0 Å². The highest BCUT2D eigenvalue weighted by molar-refractivity contribution is 9.10. The molecule has 1 aromatic heterocycles. The SMILES string of the molecule is COC(=O)CCc1csc(Nc2cc(Cl)c(C)cc2Br)n1. The maximum atomic E-state index is 11.1. The summed E-state index contributed by atoms with van der Waals surface area (Å²) in [5.74, 6) is -0.231. The number of carbonyl (C=O) groups excluding carboxylic acids is 1. The van der Waals surface area contributed by atoms with E-state index in [2.05, 4.69) is 31.0 Å². The Balaban J connectivity index is 2.06.